The van der Waals surface area contributed by atoms with Gasteiger partial charge in [0.1, 0.15) is 5.82 Å². The monoisotopic (exact) mass is 383 g/mol. The molecule has 28 heavy (non-hydrogen) atoms. The maximum absolute atomic E-state index is 13.2. The number of methoxy groups -OCH3 is 1. The first kappa shape index (κ1) is 20.6. The van der Waals surface area contributed by atoms with E-state index in [2.05, 4.69) is 26.1 Å². The molecular formula is C23H33N3O2. The second kappa shape index (κ2) is 9.37. The Balaban J connectivity index is 1.83. The van der Waals surface area contributed by atoms with Crippen molar-refractivity contribution in [2.24, 2.45) is 23.7 Å². The van der Waals surface area contributed by atoms with Crippen LogP contribution in [-0.4, -0.2) is 29.4 Å². The Labute approximate surface area is 168 Å². The Kier molecular flexibility index (Phi) is 6.89. The smallest absolute Gasteiger partial charge is 0.228 e. The van der Waals surface area contributed by atoms with E-state index in [0.29, 0.717) is 30.9 Å². The summed E-state index contributed by atoms with van der Waals surface area (Å²) >= 11 is 0. The Morgan fingerprint density at radius 3 is 2.71 bits per heavy atom. The number of aromatic nitrogens is 2. The number of nitrogens with one attached hydrogen (secondary N) is 1. The summed E-state index contributed by atoms with van der Waals surface area (Å²) < 4.78 is 7.07. The van der Waals surface area contributed by atoms with Crippen LogP contribution in [0, 0.1) is 23.7 Å². The van der Waals surface area contributed by atoms with Crippen molar-refractivity contribution >= 4 is 11.7 Å². The van der Waals surface area contributed by atoms with Gasteiger partial charge in [0.05, 0.1) is 18.8 Å². The lowest BCUT2D eigenvalue weighted by Gasteiger charge is -2.36. The fraction of sp³-hybridized carbons (Fsp3) is 0.565. The molecule has 2 aromatic rings. The van der Waals surface area contributed by atoms with Gasteiger partial charge in [-0.15, -0.1) is 0 Å². The Bertz CT molecular complexity index is 769. The molecule has 152 valence electrons. The van der Waals surface area contributed by atoms with Gasteiger partial charge in [0, 0.05) is 24.7 Å². The van der Waals surface area contributed by atoms with Crippen LogP contribution in [0.2, 0.25) is 0 Å². The van der Waals surface area contributed by atoms with Gasteiger partial charge in [-0.05, 0) is 30.6 Å². The molecule has 1 amide bonds. The predicted octanol–water partition coefficient (Wildman–Crippen LogP) is 4.84. The average molecular weight is 384 g/mol. The van der Waals surface area contributed by atoms with Gasteiger partial charge in [0.25, 0.3) is 0 Å². The van der Waals surface area contributed by atoms with E-state index in [4.69, 9.17) is 9.84 Å². The maximum Gasteiger partial charge on any atom is 0.228 e. The molecule has 0 bridgehead atoms. The number of ether oxygens (including phenoxy) is 1. The molecule has 1 heterocycles. The second-order valence-electron chi connectivity index (χ2n) is 8.42. The van der Waals surface area contributed by atoms with E-state index in [1.807, 2.05) is 41.1 Å². The first-order valence-electron chi connectivity index (χ1n) is 10.4. The zero-order valence-electron chi connectivity index (χ0n) is 17.5. The highest BCUT2D eigenvalue weighted by molar-refractivity contribution is 5.92. The van der Waals surface area contributed by atoms with Crippen LogP contribution >= 0.6 is 0 Å². The third kappa shape index (κ3) is 4.82. The van der Waals surface area contributed by atoms with Crippen LogP contribution in [0.3, 0.4) is 0 Å². The minimum atomic E-state index is 0.0645. The molecular weight excluding hydrogens is 350 g/mol. The van der Waals surface area contributed by atoms with Crippen molar-refractivity contribution < 1.29 is 9.53 Å². The van der Waals surface area contributed by atoms with Gasteiger partial charge in [-0.1, -0.05) is 57.5 Å². The summed E-state index contributed by atoms with van der Waals surface area (Å²) in [5.74, 6) is 2.51. The van der Waals surface area contributed by atoms with Crippen molar-refractivity contribution in [3.8, 4) is 11.3 Å². The molecule has 3 rings (SSSR count). The summed E-state index contributed by atoms with van der Waals surface area (Å²) in [6.07, 6.45) is 3.32. The molecule has 1 aliphatic rings. The molecule has 0 aliphatic heterocycles. The molecule has 5 heteroatoms. The molecule has 0 spiro atoms. The first-order valence-corrected chi connectivity index (χ1v) is 10.4. The number of amides is 1. The van der Waals surface area contributed by atoms with E-state index in [1.165, 1.54) is 6.42 Å². The molecule has 5 nitrogen and oxygen atoms in total. The van der Waals surface area contributed by atoms with Gasteiger partial charge in [0.15, 0.2) is 0 Å². The fourth-order valence-corrected chi connectivity index (χ4v) is 4.34. The van der Waals surface area contributed by atoms with E-state index >= 15 is 0 Å². The molecule has 0 radical (unpaired) electrons. The third-order valence-corrected chi connectivity index (χ3v) is 5.97. The van der Waals surface area contributed by atoms with E-state index in [9.17, 15) is 4.79 Å². The number of carbonyl (C=O) groups is 1. The molecule has 1 aromatic heterocycles. The average Bonchev–Trinajstić information content (AvgIpc) is 3.09. The Morgan fingerprint density at radius 2 is 2.04 bits per heavy atom. The van der Waals surface area contributed by atoms with Gasteiger partial charge in [-0.2, -0.15) is 5.10 Å². The van der Waals surface area contributed by atoms with Crippen LogP contribution < -0.4 is 5.32 Å². The molecule has 3 atom stereocenters. The minimum Gasteiger partial charge on any atom is -0.383 e. The Morgan fingerprint density at radius 1 is 1.29 bits per heavy atom. The summed E-state index contributed by atoms with van der Waals surface area (Å²) in [6, 6.07) is 12.0. The predicted molar refractivity (Wildman–Crippen MR) is 113 cm³/mol. The lowest BCUT2D eigenvalue weighted by Crippen LogP contribution is -2.37. The summed E-state index contributed by atoms with van der Waals surface area (Å²) in [5.41, 5.74) is 1.91. The highest BCUT2D eigenvalue weighted by Gasteiger charge is 2.35. The zero-order valence-corrected chi connectivity index (χ0v) is 17.5. The number of hydrogen-bond acceptors (Lipinski definition) is 3. The molecule has 1 aromatic carbocycles. The Hall–Kier alpha value is -2.14. The quantitative estimate of drug-likeness (QED) is 0.744. The second-order valence-corrected chi connectivity index (χ2v) is 8.42. The number of anilines is 1. The van der Waals surface area contributed by atoms with Gasteiger partial charge in [-0.25, -0.2) is 4.68 Å². The van der Waals surface area contributed by atoms with Gasteiger partial charge in [-0.3, -0.25) is 4.79 Å². The SMILES string of the molecule is COCCn1nc(-c2ccccc2)cc1NC(=O)C1CC(C)CC[C@H]1C(C)C. The lowest BCUT2D eigenvalue weighted by molar-refractivity contribution is -0.124. The molecule has 1 saturated carbocycles. The van der Waals surface area contributed by atoms with Gasteiger partial charge < -0.3 is 10.1 Å². The number of nitrogens with zero attached hydrogens (tertiary/aromatic N) is 2. The molecule has 1 fully saturated rings. The summed E-state index contributed by atoms with van der Waals surface area (Å²) in [6.45, 7) is 7.88. The van der Waals surface area contributed by atoms with Crippen LogP contribution in [0.5, 0.6) is 0 Å². The van der Waals surface area contributed by atoms with Crippen molar-refractivity contribution in [2.45, 2.75) is 46.6 Å². The minimum absolute atomic E-state index is 0.0645. The van der Waals surface area contributed by atoms with Crippen LogP contribution in [0.1, 0.15) is 40.0 Å². The lowest BCUT2D eigenvalue weighted by atomic mass is 9.70. The highest BCUT2D eigenvalue weighted by Crippen LogP contribution is 2.38. The number of benzene rings is 1. The molecule has 0 saturated heterocycles. The molecule has 2 unspecified atom stereocenters. The largest absolute Gasteiger partial charge is 0.383 e. The van der Waals surface area contributed by atoms with E-state index in [-0.39, 0.29) is 11.8 Å². The van der Waals surface area contributed by atoms with Crippen molar-refractivity contribution in [1.82, 2.24) is 9.78 Å². The number of carbonyl (C=O) groups excluding carboxylic acids is 1. The van der Waals surface area contributed by atoms with Crippen molar-refractivity contribution in [2.75, 3.05) is 19.0 Å². The van der Waals surface area contributed by atoms with Crippen LogP contribution in [0.15, 0.2) is 36.4 Å². The van der Waals surface area contributed by atoms with E-state index in [0.717, 1.165) is 29.9 Å². The summed E-state index contributed by atoms with van der Waals surface area (Å²) in [4.78, 5) is 13.2. The van der Waals surface area contributed by atoms with Crippen LogP contribution in [0.4, 0.5) is 5.82 Å². The summed E-state index contributed by atoms with van der Waals surface area (Å²) in [7, 11) is 1.68. The summed E-state index contributed by atoms with van der Waals surface area (Å²) in [5, 5.41) is 7.90. The zero-order chi connectivity index (χ0) is 20.1. The number of rotatable bonds is 7. The molecule has 1 aliphatic carbocycles. The van der Waals surface area contributed by atoms with E-state index in [1.54, 1.807) is 7.11 Å². The van der Waals surface area contributed by atoms with Gasteiger partial charge >= 0.3 is 0 Å². The third-order valence-electron chi connectivity index (χ3n) is 5.97. The van der Waals surface area contributed by atoms with Crippen molar-refractivity contribution in [3.63, 3.8) is 0 Å². The standard InChI is InChI=1S/C23H33N3O2/c1-16(2)19-11-10-17(3)14-20(19)23(27)24-22-15-21(18-8-6-5-7-9-18)25-26(22)12-13-28-4/h5-9,15-17,19-20H,10-14H2,1-4H3,(H,24,27)/t17?,19-,20?/m0/s1. The van der Waals surface area contributed by atoms with Crippen LogP contribution in [-0.2, 0) is 16.1 Å². The van der Waals surface area contributed by atoms with Crippen molar-refractivity contribution in [1.29, 1.82) is 0 Å². The first-order chi connectivity index (χ1) is 13.5. The normalized spacial score (nSPS) is 22.4. The van der Waals surface area contributed by atoms with Crippen molar-refractivity contribution in [3.05, 3.63) is 36.4 Å². The fourth-order valence-electron chi connectivity index (χ4n) is 4.34. The highest BCUT2D eigenvalue weighted by atomic mass is 16.5. The topological polar surface area (TPSA) is 56.1 Å². The number of hydrogen-bond donors (Lipinski definition) is 1. The van der Waals surface area contributed by atoms with Gasteiger partial charge in [0.2, 0.25) is 5.91 Å². The van der Waals surface area contributed by atoms with E-state index < -0.39 is 0 Å². The van der Waals surface area contributed by atoms with Crippen LogP contribution in [0.25, 0.3) is 11.3 Å². The molecule has 1 N–H and O–H groups in total. The maximum atomic E-state index is 13.2.